The molecule has 0 saturated heterocycles. The van der Waals surface area contributed by atoms with Crippen LogP contribution in [0.15, 0.2) is 28.9 Å². The molecule has 17 heavy (non-hydrogen) atoms. The van der Waals surface area contributed by atoms with Crippen LogP contribution < -0.4 is 5.32 Å². The maximum absolute atomic E-state index is 5.51. The van der Waals surface area contributed by atoms with Crippen molar-refractivity contribution in [3.63, 3.8) is 0 Å². The van der Waals surface area contributed by atoms with Gasteiger partial charge in [-0.05, 0) is 38.5 Å². The van der Waals surface area contributed by atoms with E-state index in [4.69, 9.17) is 4.42 Å². The van der Waals surface area contributed by atoms with Gasteiger partial charge in [0.1, 0.15) is 5.76 Å². The summed E-state index contributed by atoms with van der Waals surface area (Å²) in [4.78, 5) is 8.34. The van der Waals surface area contributed by atoms with Crippen LogP contribution in [0.2, 0.25) is 0 Å². The predicted molar refractivity (Wildman–Crippen MR) is 65.5 cm³/mol. The van der Waals surface area contributed by atoms with Gasteiger partial charge in [-0.25, -0.2) is 4.98 Å². The van der Waals surface area contributed by atoms with E-state index in [-0.39, 0.29) is 6.04 Å². The Hall–Kier alpha value is -1.68. The highest BCUT2D eigenvalue weighted by Gasteiger charge is 2.08. The summed E-state index contributed by atoms with van der Waals surface area (Å²) in [7, 11) is 0. The molecule has 4 nitrogen and oxygen atoms in total. The van der Waals surface area contributed by atoms with Gasteiger partial charge in [0.15, 0.2) is 0 Å². The topological polar surface area (TPSA) is 51.0 Å². The summed E-state index contributed by atoms with van der Waals surface area (Å²) in [6, 6.07) is 4.26. The normalized spacial score (nSPS) is 12.6. The number of aryl methyl sites for hydroxylation is 2. The summed E-state index contributed by atoms with van der Waals surface area (Å²) in [5.41, 5.74) is 2.17. The van der Waals surface area contributed by atoms with Gasteiger partial charge < -0.3 is 9.73 Å². The number of hydrogen-bond donors (Lipinski definition) is 1. The highest BCUT2D eigenvalue weighted by molar-refractivity contribution is 5.14. The molecule has 1 atom stereocenters. The van der Waals surface area contributed by atoms with Gasteiger partial charge in [0.05, 0.1) is 12.2 Å². The average Bonchev–Trinajstić information content (AvgIpc) is 2.67. The molecule has 90 valence electrons. The van der Waals surface area contributed by atoms with Gasteiger partial charge in [-0.15, -0.1) is 0 Å². The quantitative estimate of drug-likeness (QED) is 0.878. The second kappa shape index (κ2) is 5.10. The van der Waals surface area contributed by atoms with E-state index in [1.165, 1.54) is 5.56 Å². The Morgan fingerprint density at radius 2 is 2.00 bits per heavy atom. The van der Waals surface area contributed by atoms with Crippen LogP contribution in [0.25, 0.3) is 0 Å². The summed E-state index contributed by atoms with van der Waals surface area (Å²) >= 11 is 0. The third kappa shape index (κ3) is 2.91. The van der Waals surface area contributed by atoms with Crippen molar-refractivity contribution in [2.24, 2.45) is 0 Å². The van der Waals surface area contributed by atoms with Crippen molar-refractivity contribution in [1.82, 2.24) is 15.3 Å². The van der Waals surface area contributed by atoms with E-state index in [9.17, 15) is 0 Å². The van der Waals surface area contributed by atoms with Gasteiger partial charge in [0, 0.05) is 18.4 Å². The minimum Gasteiger partial charge on any atom is -0.444 e. The van der Waals surface area contributed by atoms with Crippen LogP contribution >= 0.6 is 0 Å². The third-order valence-corrected chi connectivity index (χ3v) is 2.84. The van der Waals surface area contributed by atoms with Gasteiger partial charge in [-0.3, -0.25) is 4.98 Å². The number of pyridine rings is 1. The molecular weight excluding hydrogens is 214 g/mol. The van der Waals surface area contributed by atoms with E-state index in [0.717, 1.165) is 17.3 Å². The molecule has 0 radical (unpaired) electrons. The van der Waals surface area contributed by atoms with E-state index in [2.05, 4.69) is 22.2 Å². The SMILES string of the molecule is Cc1nc(CN[C@H](C)c2ccncc2)oc1C. The lowest BCUT2D eigenvalue weighted by Gasteiger charge is -2.12. The molecule has 0 bridgehead atoms. The van der Waals surface area contributed by atoms with Crippen molar-refractivity contribution in [3.05, 3.63) is 47.4 Å². The molecule has 2 aromatic rings. The zero-order valence-corrected chi connectivity index (χ0v) is 10.4. The molecule has 2 aromatic heterocycles. The molecule has 0 amide bonds. The van der Waals surface area contributed by atoms with Gasteiger partial charge in [0.2, 0.25) is 5.89 Å². The summed E-state index contributed by atoms with van der Waals surface area (Å²) in [6.45, 7) is 6.63. The first-order valence-corrected chi connectivity index (χ1v) is 5.73. The Balaban J connectivity index is 1.94. The molecule has 0 saturated carbocycles. The minimum atomic E-state index is 0.255. The van der Waals surface area contributed by atoms with E-state index >= 15 is 0 Å². The van der Waals surface area contributed by atoms with E-state index < -0.39 is 0 Å². The number of oxazole rings is 1. The molecule has 0 fully saturated rings. The molecule has 0 aliphatic rings. The summed E-state index contributed by atoms with van der Waals surface area (Å²) < 4.78 is 5.51. The lowest BCUT2D eigenvalue weighted by Crippen LogP contribution is -2.18. The van der Waals surface area contributed by atoms with Crippen molar-refractivity contribution in [1.29, 1.82) is 0 Å². The first kappa shape index (κ1) is 11.8. The van der Waals surface area contributed by atoms with Crippen molar-refractivity contribution >= 4 is 0 Å². The minimum absolute atomic E-state index is 0.255. The second-order valence-corrected chi connectivity index (χ2v) is 4.13. The standard InChI is InChI=1S/C13H17N3O/c1-9-11(3)17-13(16-9)8-15-10(2)12-4-6-14-7-5-12/h4-7,10,15H,8H2,1-3H3/t10-/m1/s1. The summed E-state index contributed by atoms with van der Waals surface area (Å²) in [5.74, 6) is 1.62. The fourth-order valence-electron chi connectivity index (χ4n) is 1.63. The molecule has 0 aromatic carbocycles. The van der Waals surface area contributed by atoms with Crippen LogP contribution in [0.1, 0.15) is 35.9 Å². The first-order valence-electron chi connectivity index (χ1n) is 5.73. The molecule has 0 aliphatic heterocycles. The lowest BCUT2D eigenvalue weighted by molar-refractivity contribution is 0.432. The highest BCUT2D eigenvalue weighted by Crippen LogP contribution is 2.12. The average molecular weight is 231 g/mol. The maximum atomic E-state index is 5.51. The maximum Gasteiger partial charge on any atom is 0.208 e. The van der Waals surface area contributed by atoms with Crippen molar-refractivity contribution < 1.29 is 4.42 Å². The molecule has 0 spiro atoms. The van der Waals surface area contributed by atoms with Gasteiger partial charge in [-0.2, -0.15) is 0 Å². The Kier molecular flexibility index (Phi) is 3.54. The first-order chi connectivity index (χ1) is 8.16. The van der Waals surface area contributed by atoms with Crippen molar-refractivity contribution in [3.8, 4) is 0 Å². The Labute approximate surface area is 101 Å². The second-order valence-electron chi connectivity index (χ2n) is 4.13. The Morgan fingerprint density at radius 1 is 1.29 bits per heavy atom. The monoisotopic (exact) mass is 231 g/mol. The number of rotatable bonds is 4. The van der Waals surface area contributed by atoms with Crippen LogP contribution in [-0.2, 0) is 6.54 Å². The number of aromatic nitrogens is 2. The van der Waals surface area contributed by atoms with Gasteiger partial charge >= 0.3 is 0 Å². The van der Waals surface area contributed by atoms with Crippen LogP contribution in [-0.4, -0.2) is 9.97 Å². The fraction of sp³-hybridized carbons (Fsp3) is 0.385. The Morgan fingerprint density at radius 3 is 2.59 bits per heavy atom. The third-order valence-electron chi connectivity index (χ3n) is 2.84. The fourth-order valence-corrected chi connectivity index (χ4v) is 1.63. The van der Waals surface area contributed by atoms with Gasteiger partial charge in [-0.1, -0.05) is 0 Å². The van der Waals surface area contributed by atoms with Crippen LogP contribution in [0.5, 0.6) is 0 Å². The number of nitrogens with one attached hydrogen (secondary N) is 1. The number of hydrogen-bond acceptors (Lipinski definition) is 4. The molecular formula is C13H17N3O. The van der Waals surface area contributed by atoms with Crippen LogP contribution in [0, 0.1) is 13.8 Å². The smallest absolute Gasteiger partial charge is 0.208 e. The van der Waals surface area contributed by atoms with Gasteiger partial charge in [0.25, 0.3) is 0 Å². The zero-order chi connectivity index (χ0) is 12.3. The molecule has 0 aliphatic carbocycles. The molecule has 2 heterocycles. The Bertz CT molecular complexity index is 459. The van der Waals surface area contributed by atoms with Crippen molar-refractivity contribution in [2.75, 3.05) is 0 Å². The lowest BCUT2D eigenvalue weighted by atomic mass is 10.1. The summed E-state index contributed by atoms with van der Waals surface area (Å²) in [6.07, 6.45) is 3.60. The predicted octanol–water partition coefficient (Wildman–Crippen LogP) is 2.54. The molecule has 1 N–H and O–H groups in total. The summed E-state index contributed by atoms with van der Waals surface area (Å²) in [5, 5.41) is 3.37. The van der Waals surface area contributed by atoms with E-state index in [1.54, 1.807) is 12.4 Å². The van der Waals surface area contributed by atoms with E-state index in [1.807, 2.05) is 26.0 Å². The highest BCUT2D eigenvalue weighted by atomic mass is 16.4. The van der Waals surface area contributed by atoms with Crippen molar-refractivity contribution in [2.45, 2.75) is 33.4 Å². The van der Waals surface area contributed by atoms with Crippen LogP contribution in [0.4, 0.5) is 0 Å². The number of nitrogens with zero attached hydrogens (tertiary/aromatic N) is 2. The zero-order valence-electron chi connectivity index (χ0n) is 10.4. The molecule has 0 unspecified atom stereocenters. The molecule has 2 rings (SSSR count). The largest absolute Gasteiger partial charge is 0.444 e. The molecule has 4 heteroatoms. The van der Waals surface area contributed by atoms with Crippen LogP contribution in [0.3, 0.4) is 0 Å². The van der Waals surface area contributed by atoms with E-state index in [0.29, 0.717) is 6.54 Å².